The van der Waals surface area contributed by atoms with E-state index in [1.165, 1.54) is 109 Å². The Bertz CT molecular complexity index is 320. The summed E-state index contributed by atoms with van der Waals surface area (Å²) in [5.74, 6) is -0.0333. The van der Waals surface area contributed by atoms with Crippen LogP contribution in [0.3, 0.4) is 0 Å². The van der Waals surface area contributed by atoms with Crippen molar-refractivity contribution in [1.29, 1.82) is 0 Å². The fraction of sp³-hybridized carbons (Fsp3) is 0.962. The highest BCUT2D eigenvalue weighted by molar-refractivity contribution is 5.69. The van der Waals surface area contributed by atoms with Gasteiger partial charge < -0.3 is 10.5 Å². The van der Waals surface area contributed by atoms with Crippen molar-refractivity contribution in [3.63, 3.8) is 0 Å². The summed E-state index contributed by atoms with van der Waals surface area (Å²) in [4.78, 5) is 11.5. The normalized spacial score (nSPS) is 11.1. The molecular formula is C26H53NO2. The lowest BCUT2D eigenvalue weighted by Gasteiger charge is -2.05. The monoisotopic (exact) mass is 411 g/mol. The quantitative estimate of drug-likeness (QED) is 0.129. The molecule has 0 bridgehead atoms. The zero-order valence-corrected chi connectivity index (χ0v) is 19.9. The van der Waals surface area contributed by atoms with E-state index in [0.717, 1.165) is 25.7 Å². The Morgan fingerprint density at radius 3 is 1.31 bits per heavy atom. The smallest absolute Gasteiger partial charge is 0.305 e. The van der Waals surface area contributed by atoms with Gasteiger partial charge in [0, 0.05) is 6.42 Å². The van der Waals surface area contributed by atoms with Crippen molar-refractivity contribution < 1.29 is 9.53 Å². The first-order valence-corrected chi connectivity index (χ1v) is 13.2. The van der Waals surface area contributed by atoms with Crippen LogP contribution in [-0.4, -0.2) is 19.1 Å². The number of esters is 1. The van der Waals surface area contributed by atoms with E-state index < -0.39 is 0 Å². The summed E-state index contributed by atoms with van der Waals surface area (Å²) in [6.07, 6.45) is 28.6. The van der Waals surface area contributed by atoms with E-state index in [2.05, 4.69) is 6.92 Å². The standard InChI is InChI=1S/C26H53NO2/c1-2-3-4-5-6-7-8-9-10-11-12-13-14-15-16-17-18-19-20-23-26(28)29-25-22-21-24-27/h2-25,27H2,1H3. The van der Waals surface area contributed by atoms with Gasteiger partial charge in [0.1, 0.15) is 0 Å². The van der Waals surface area contributed by atoms with Gasteiger partial charge in [-0.25, -0.2) is 0 Å². The summed E-state index contributed by atoms with van der Waals surface area (Å²) >= 11 is 0. The number of carbonyl (C=O) groups excluding carboxylic acids is 1. The van der Waals surface area contributed by atoms with Crippen LogP contribution in [0.25, 0.3) is 0 Å². The van der Waals surface area contributed by atoms with Crippen molar-refractivity contribution in [2.24, 2.45) is 5.73 Å². The van der Waals surface area contributed by atoms with Gasteiger partial charge in [0.2, 0.25) is 0 Å². The molecule has 2 N–H and O–H groups in total. The van der Waals surface area contributed by atoms with Gasteiger partial charge in [0.15, 0.2) is 0 Å². The van der Waals surface area contributed by atoms with Crippen LogP contribution in [0, 0.1) is 0 Å². The number of nitrogens with two attached hydrogens (primary N) is 1. The second-order valence-electron chi connectivity index (χ2n) is 8.83. The van der Waals surface area contributed by atoms with Gasteiger partial charge >= 0.3 is 5.97 Å². The first-order chi connectivity index (χ1) is 14.3. The van der Waals surface area contributed by atoms with Crippen LogP contribution in [0.5, 0.6) is 0 Å². The van der Waals surface area contributed by atoms with Crippen molar-refractivity contribution in [3.05, 3.63) is 0 Å². The topological polar surface area (TPSA) is 52.3 Å². The minimum absolute atomic E-state index is 0.0333. The van der Waals surface area contributed by atoms with E-state index in [9.17, 15) is 4.79 Å². The van der Waals surface area contributed by atoms with Gasteiger partial charge in [-0.05, 0) is 25.8 Å². The highest BCUT2D eigenvalue weighted by atomic mass is 16.5. The minimum atomic E-state index is -0.0333. The summed E-state index contributed by atoms with van der Waals surface area (Å²) in [6.45, 7) is 3.50. The van der Waals surface area contributed by atoms with Gasteiger partial charge in [0.05, 0.1) is 6.61 Å². The fourth-order valence-corrected chi connectivity index (χ4v) is 3.85. The molecule has 174 valence electrons. The molecule has 0 saturated heterocycles. The maximum atomic E-state index is 11.5. The van der Waals surface area contributed by atoms with Gasteiger partial charge in [0.25, 0.3) is 0 Å². The van der Waals surface area contributed by atoms with E-state index >= 15 is 0 Å². The molecule has 3 heteroatoms. The van der Waals surface area contributed by atoms with Crippen LogP contribution in [-0.2, 0) is 9.53 Å². The Morgan fingerprint density at radius 2 is 0.931 bits per heavy atom. The molecule has 0 rings (SSSR count). The highest BCUT2D eigenvalue weighted by Crippen LogP contribution is 2.14. The van der Waals surface area contributed by atoms with Gasteiger partial charge in [-0.15, -0.1) is 0 Å². The zero-order valence-electron chi connectivity index (χ0n) is 19.9. The minimum Gasteiger partial charge on any atom is -0.466 e. The first-order valence-electron chi connectivity index (χ1n) is 13.2. The number of rotatable bonds is 24. The molecule has 0 saturated carbocycles. The largest absolute Gasteiger partial charge is 0.466 e. The average molecular weight is 412 g/mol. The maximum Gasteiger partial charge on any atom is 0.305 e. The molecule has 0 aromatic rings. The third kappa shape index (κ3) is 25.4. The lowest BCUT2D eigenvalue weighted by atomic mass is 10.0. The summed E-state index contributed by atoms with van der Waals surface area (Å²) in [7, 11) is 0. The van der Waals surface area contributed by atoms with Crippen molar-refractivity contribution in [2.45, 2.75) is 148 Å². The third-order valence-electron chi connectivity index (χ3n) is 5.85. The molecule has 0 aromatic heterocycles. The second kappa shape index (κ2) is 25.5. The fourth-order valence-electron chi connectivity index (χ4n) is 3.85. The van der Waals surface area contributed by atoms with Gasteiger partial charge in [-0.3, -0.25) is 4.79 Å². The molecule has 3 nitrogen and oxygen atoms in total. The van der Waals surface area contributed by atoms with Crippen molar-refractivity contribution in [1.82, 2.24) is 0 Å². The predicted octanol–water partition coefficient (Wildman–Crippen LogP) is 8.09. The Hall–Kier alpha value is -0.570. The van der Waals surface area contributed by atoms with Crippen LogP contribution in [0.15, 0.2) is 0 Å². The van der Waals surface area contributed by atoms with Gasteiger partial charge in [-0.2, -0.15) is 0 Å². The Balaban J connectivity index is 3.07. The number of unbranched alkanes of at least 4 members (excludes halogenated alkanes) is 19. The SMILES string of the molecule is CCCCCCCCCCCCCCCCCCCCCC(=O)OCCCCN. The third-order valence-corrected chi connectivity index (χ3v) is 5.85. The van der Waals surface area contributed by atoms with Crippen molar-refractivity contribution in [3.8, 4) is 0 Å². The average Bonchev–Trinajstić information content (AvgIpc) is 2.73. The van der Waals surface area contributed by atoms with Crippen molar-refractivity contribution in [2.75, 3.05) is 13.2 Å². The lowest BCUT2D eigenvalue weighted by molar-refractivity contribution is -0.143. The maximum absolute atomic E-state index is 11.5. The lowest BCUT2D eigenvalue weighted by Crippen LogP contribution is -2.07. The van der Waals surface area contributed by atoms with E-state index in [0.29, 0.717) is 19.6 Å². The Kier molecular flexibility index (Phi) is 25.0. The molecule has 0 aliphatic heterocycles. The molecule has 0 aliphatic rings. The molecule has 0 unspecified atom stereocenters. The molecule has 0 spiro atoms. The highest BCUT2D eigenvalue weighted by Gasteiger charge is 2.02. The molecule has 0 amide bonds. The molecular weight excluding hydrogens is 358 g/mol. The second-order valence-corrected chi connectivity index (χ2v) is 8.83. The summed E-state index contributed by atoms with van der Waals surface area (Å²) in [5.41, 5.74) is 5.42. The molecule has 0 fully saturated rings. The molecule has 0 atom stereocenters. The molecule has 29 heavy (non-hydrogen) atoms. The van der Waals surface area contributed by atoms with Gasteiger partial charge in [-0.1, -0.05) is 122 Å². The Morgan fingerprint density at radius 1 is 0.552 bits per heavy atom. The van der Waals surface area contributed by atoms with E-state index in [4.69, 9.17) is 10.5 Å². The summed E-state index contributed by atoms with van der Waals surface area (Å²) in [5, 5.41) is 0. The first kappa shape index (κ1) is 28.4. The number of carbonyl (C=O) groups is 1. The van der Waals surface area contributed by atoms with E-state index in [1.807, 2.05) is 0 Å². The Labute approximate surface area is 182 Å². The molecule has 0 aromatic carbocycles. The van der Waals surface area contributed by atoms with E-state index in [1.54, 1.807) is 0 Å². The molecule has 0 aliphatic carbocycles. The zero-order chi connectivity index (χ0) is 21.3. The number of ether oxygens (including phenoxy) is 1. The number of hydrogen-bond acceptors (Lipinski definition) is 3. The predicted molar refractivity (Wildman–Crippen MR) is 127 cm³/mol. The van der Waals surface area contributed by atoms with E-state index in [-0.39, 0.29) is 5.97 Å². The molecule has 0 radical (unpaired) electrons. The van der Waals surface area contributed by atoms with Crippen LogP contribution < -0.4 is 5.73 Å². The number of hydrogen-bond donors (Lipinski definition) is 1. The van der Waals surface area contributed by atoms with Crippen LogP contribution in [0.1, 0.15) is 148 Å². The summed E-state index contributed by atoms with van der Waals surface area (Å²) in [6, 6.07) is 0. The van der Waals surface area contributed by atoms with Crippen LogP contribution in [0.2, 0.25) is 0 Å². The summed E-state index contributed by atoms with van der Waals surface area (Å²) < 4.78 is 5.19. The van der Waals surface area contributed by atoms with Crippen molar-refractivity contribution >= 4 is 5.97 Å². The van der Waals surface area contributed by atoms with Crippen LogP contribution in [0.4, 0.5) is 0 Å². The molecule has 0 heterocycles. The van der Waals surface area contributed by atoms with Crippen LogP contribution >= 0.6 is 0 Å².